The van der Waals surface area contributed by atoms with Crippen LogP contribution in [0.4, 0.5) is 9.59 Å². The monoisotopic (exact) mass is 336 g/mol. The van der Waals surface area contributed by atoms with Gasteiger partial charge in [-0.25, -0.2) is 14.5 Å². The summed E-state index contributed by atoms with van der Waals surface area (Å²) in [7, 11) is 1.60. The zero-order valence-electron chi connectivity index (χ0n) is 15.2. The lowest BCUT2D eigenvalue weighted by Crippen LogP contribution is -2.43. The number of rotatable bonds is 2. The third-order valence-corrected chi connectivity index (χ3v) is 2.59. The van der Waals surface area contributed by atoms with Crippen molar-refractivity contribution in [1.82, 2.24) is 14.7 Å². The first-order chi connectivity index (χ1) is 10.8. The molecule has 8 nitrogen and oxygen atoms in total. The van der Waals surface area contributed by atoms with Gasteiger partial charge in [-0.1, -0.05) is 0 Å². The van der Waals surface area contributed by atoms with Gasteiger partial charge in [-0.2, -0.15) is 10.4 Å². The number of carbonyl (C=O) groups excluding carboxylic acids is 2. The summed E-state index contributed by atoms with van der Waals surface area (Å²) < 4.78 is 11.9. The van der Waals surface area contributed by atoms with E-state index in [0.717, 1.165) is 4.90 Å². The Balaban J connectivity index is 3.06. The van der Waals surface area contributed by atoms with Gasteiger partial charge in [-0.15, -0.1) is 0 Å². The summed E-state index contributed by atoms with van der Waals surface area (Å²) in [5.74, 6) is 0. The summed E-state index contributed by atoms with van der Waals surface area (Å²) >= 11 is 0. The van der Waals surface area contributed by atoms with E-state index in [2.05, 4.69) is 5.10 Å². The van der Waals surface area contributed by atoms with Crippen LogP contribution in [-0.2, 0) is 23.1 Å². The third kappa shape index (κ3) is 5.91. The van der Waals surface area contributed by atoms with Crippen molar-refractivity contribution < 1.29 is 19.1 Å². The second-order valence-corrected chi connectivity index (χ2v) is 7.30. The van der Waals surface area contributed by atoms with E-state index in [1.54, 1.807) is 48.6 Å². The highest BCUT2D eigenvalue weighted by atomic mass is 16.6. The molecule has 0 saturated heterocycles. The van der Waals surface area contributed by atoms with Crippen molar-refractivity contribution in [3.05, 3.63) is 17.5 Å². The zero-order chi connectivity index (χ0) is 18.7. The Labute approximate surface area is 141 Å². The third-order valence-electron chi connectivity index (χ3n) is 2.59. The van der Waals surface area contributed by atoms with Crippen molar-refractivity contribution in [1.29, 1.82) is 5.26 Å². The SMILES string of the molecule is Cn1nc(CN(C(=O)OC(C)(C)C)C(=O)OC(C)(C)C)cc1C#N. The van der Waals surface area contributed by atoms with Crippen molar-refractivity contribution in [2.75, 3.05) is 0 Å². The molecule has 0 saturated carbocycles. The molecule has 8 heteroatoms. The molecule has 1 rings (SSSR count). The summed E-state index contributed by atoms with van der Waals surface area (Å²) in [6.07, 6.45) is -1.66. The lowest BCUT2D eigenvalue weighted by Gasteiger charge is -2.28. The minimum absolute atomic E-state index is 0.153. The Morgan fingerprint density at radius 1 is 1.17 bits per heavy atom. The molecular formula is C16H24N4O4. The molecule has 0 N–H and O–H groups in total. The number of aryl methyl sites for hydroxylation is 1. The van der Waals surface area contributed by atoms with Crippen molar-refractivity contribution in [3.63, 3.8) is 0 Å². The van der Waals surface area contributed by atoms with Gasteiger partial charge in [-0.05, 0) is 47.6 Å². The second-order valence-electron chi connectivity index (χ2n) is 7.30. The van der Waals surface area contributed by atoms with Crippen LogP contribution in [0.1, 0.15) is 52.9 Å². The average molecular weight is 336 g/mol. The summed E-state index contributed by atoms with van der Waals surface area (Å²) in [6, 6.07) is 3.48. The van der Waals surface area contributed by atoms with Gasteiger partial charge in [0.2, 0.25) is 0 Å². The fourth-order valence-corrected chi connectivity index (χ4v) is 1.71. The van der Waals surface area contributed by atoms with Crippen molar-refractivity contribution in [2.45, 2.75) is 59.3 Å². The summed E-state index contributed by atoms with van der Waals surface area (Å²) in [4.78, 5) is 25.5. The first-order valence-corrected chi connectivity index (χ1v) is 7.49. The molecule has 24 heavy (non-hydrogen) atoms. The van der Waals surface area contributed by atoms with Crippen LogP contribution in [0.15, 0.2) is 6.07 Å². The summed E-state index contributed by atoms with van der Waals surface area (Å²) in [5.41, 5.74) is -0.831. The molecule has 1 heterocycles. The average Bonchev–Trinajstić information content (AvgIpc) is 2.71. The van der Waals surface area contributed by atoms with Crippen molar-refractivity contribution in [3.8, 4) is 6.07 Å². The number of nitrogens with zero attached hydrogens (tertiary/aromatic N) is 4. The highest BCUT2D eigenvalue weighted by Crippen LogP contribution is 2.17. The van der Waals surface area contributed by atoms with Crippen LogP contribution in [0.2, 0.25) is 0 Å². The fraction of sp³-hybridized carbons (Fsp3) is 0.625. The van der Waals surface area contributed by atoms with Gasteiger partial charge in [-0.3, -0.25) is 4.68 Å². The highest BCUT2D eigenvalue weighted by molar-refractivity contribution is 5.88. The zero-order valence-corrected chi connectivity index (χ0v) is 15.2. The molecule has 0 aliphatic heterocycles. The number of hydrogen-bond acceptors (Lipinski definition) is 6. The fourth-order valence-electron chi connectivity index (χ4n) is 1.71. The summed E-state index contributed by atoms with van der Waals surface area (Å²) in [5, 5.41) is 13.1. The molecule has 0 fully saturated rings. The van der Waals surface area contributed by atoms with Crippen molar-refractivity contribution in [2.24, 2.45) is 7.05 Å². The minimum atomic E-state index is -0.832. The van der Waals surface area contributed by atoms with Gasteiger partial charge < -0.3 is 9.47 Å². The summed E-state index contributed by atoms with van der Waals surface area (Å²) in [6.45, 7) is 10.1. The van der Waals surface area contributed by atoms with Crippen LogP contribution < -0.4 is 0 Å². The highest BCUT2D eigenvalue weighted by Gasteiger charge is 2.32. The first-order valence-electron chi connectivity index (χ1n) is 7.49. The molecule has 1 aromatic rings. The smallest absolute Gasteiger partial charge is 0.420 e. The van der Waals surface area contributed by atoms with E-state index >= 15 is 0 Å². The van der Waals surface area contributed by atoms with Gasteiger partial charge in [0.05, 0.1) is 12.2 Å². The number of amides is 2. The van der Waals surface area contributed by atoms with Gasteiger partial charge in [0.15, 0.2) is 0 Å². The molecule has 0 radical (unpaired) electrons. The number of nitriles is 1. The van der Waals surface area contributed by atoms with Crippen LogP contribution in [0.25, 0.3) is 0 Å². The molecule has 0 unspecified atom stereocenters. The molecule has 0 bridgehead atoms. The number of aromatic nitrogens is 2. The molecule has 0 aliphatic rings. The van der Waals surface area contributed by atoms with Crippen LogP contribution >= 0.6 is 0 Å². The predicted octanol–water partition coefficient (Wildman–Crippen LogP) is 2.96. The maximum absolute atomic E-state index is 12.4. The second kappa shape index (κ2) is 6.91. The first kappa shape index (κ1) is 19.5. The van der Waals surface area contributed by atoms with Crippen LogP contribution in [-0.4, -0.2) is 38.1 Å². The van der Waals surface area contributed by atoms with Gasteiger partial charge in [0, 0.05) is 7.05 Å². The van der Waals surface area contributed by atoms with E-state index < -0.39 is 23.4 Å². The van der Waals surface area contributed by atoms with Crippen LogP contribution in [0.3, 0.4) is 0 Å². The minimum Gasteiger partial charge on any atom is -0.443 e. The molecule has 1 aromatic heterocycles. The predicted molar refractivity (Wildman–Crippen MR) is 85.9 cm³/mol. The standard InChI is InChI=1S/C16H24N4O4/c1-15(2,3)23-13(21)20(14(22)24-16(4,5)6)10-11-8-12(9-17)19(7)18-11/h8H,10H2,1-7H3. The molecule has 0 spiro atoms. The molecular weight excluding hydrogens is 312 g/mol. The molecule has 132 valence electrons. The number of imide groups is 1. The normalized spacial score (nSPS) is 11.6. The van der Waals surface area contributed by atoms with E-state index in [1.807, 2.05) is 6.07 Å². The number of ether oxygens (including phenoxy) is 2. The molecule has 2 amide bonds. The Hall–Kier alpha value is -2.56. The van der Waals surface area contributed by atoms with Crippen molar-refractivity contribution >= 4 is 12.2 Å². The Bertz CT molecular complexity index is 631. The Morgan fingerprint density at radius 2 is 1.62 bits per heavy atom. The number of carbonyl (C=O) groups is 2. The number of hydrogen-bond donors (Lipinski definition) is 0. The van der Waals surface area contributed by atoms with E-state index in [9.17, 15) is 9.59 Å². The maximum atomic E-state index is 12.4. The van der Waals surface area contributed by atoms with E-state index in [4.69, 9.17) is 14.7 Å². The van der Waals surface area contributed by atoms with E-state index in [1.165, 1.54) is 10.7 Å². The lowest BCUT2D eigenvalue weighted by molar-refractivity contribution is -0.000504. The van der Waals surface area contributed by atoms with Gasteiger partial charge in [0.25, 0.3) is 0 Å². The molecule has 0 aromatic carbocycles. The van der Waals surface area contributed by atoms with Gasteiger partial charge >= 0.3 is 12.2 Å². The van der Waals surface area contributed by atoms with E-state index in [0.29, 0.717) is 11.4 Å². The molecule has 0 aliphatic carbocycles. The quantitative estimate of drug-likeness (QED) is 0.823. The molecule has 0 atom stereocenters. The topological polar surface area (TPSA) is 97.5 Å². The largest absolute Gasteiger partial charge is 0.443 e. The van der Waals surface area contributed by atoms with E-state index in [-0.39, 0.29) is 6.54 Å². The van der Waals surface area contributed by atoms with Gasteiger partial charge in [0.1, 0.15) is 23.0 Å². The Morgan fingerprint density at radius 3 is 1.96 bits per heavy atom. The van der Waals surface area contributed by atoms with Crippen LogP contribution in [0.5, 0.6) is 0 Å². The maximum Gasteiger partial charge on any atom is 0.420 e. The van der Waals surface area contributed by atoms with Crippen LogP contribution in [0, 0.1) is 11.3 Å². The Kier molecular flexibility index (Phi) is 5.61. The lowest BCUT2D eigenvalue weighted by atomic mass is 10.2.